The van der Waals surface area contributed by atoms with Crippen molar-refractivity contribution in [2.75, 3.05) is 16.8 Å². The van der Waals surface area contributed by atoms with E-state index in [1.165, 1.54) is 18.2 Å². The fourth-order valence-electron chi connectivity index (χ4n) is 1.49. The molecule has 0 aliphatic carbocycles. The van der Waals surface area contributed by atoms with Crippen LogP contribution in [0.2, 0.25) is 0 Å². The van der Waals surface area contributed by atoms with E-state index in [4.69, 9.17) is 11.5 Å². The summed E-state index contributed by atoms with van der Waals surface area (Å²) in [6.07, 6.45) is 0. The summed E-state index contributed by atoms with van der Waals surface area (Å²) in [6.45, 7) is 0. The van der Waals surface area contributed by atoms with E-state index in [0.29, 0.717) is 17.1 Å². The topological polar surface area (TPSA) is 81.1 Å². The van der Waals surface area contributed by atoms with Crippen LogP contribution in [0.15, 0.2) is 42.5 Å². The van der Waals surface area contributed by atoms with Gasteiger partial charge in [-0.3, -0.25) is 4.79 Å². The Morgan fingerprint density at radius 1 is 1.06 bits per heavy atom. The highest BCUT2D eigenvalue weighted by molar-refractivity contribution is 6.04. The van der Waals surface area contributed by atoms with E-state index >= 15 is 0 Å². The van der Waals surface area contributed by atoms with E-state index in [1.54, 1.807) is 18.2 Å². The van der Waals surface area contributed by atoms with Crippen LogP contribution in [-0.4, -0.2) is 5.91 Å². The summed E-state index contributed by atoms with van der Waals surface area (Å²) in [5.74, 6) is -0.863. The Bertz CT molecular complexity index is 599. The molecule has 18 heavy (non-hydrogen) atoms. The first-order valence-corrected chi connectivity index (χ1v) is 5.28. The molecule has 2 aromatic rings. The second-order valence-corrected chi connectivity index (χ2v) is 3.81. The molecule has 0 atom stereocenters. The molecule has 0 spiro atoms. The lowest BCUT2D eigenvalue weighted by Crippen LogP contribution is -2.12. The molecule has 0 bridgehead atoms. The minimum atomic E-state index is -0.459. The number of amides is 1. The summed E-state index contributed by atoms with van der Waals surface area (Å²) < 4.78 is 13.0. The average Bonchev–Trinajstić information content (AvgIpc) is 2.34. The monoisotopic (exact) mass is 245 g/mol. The van der Waals surface area contributed by atoms with Crippen LogP contribution >= 0.6 is 0 Å². The van der Waals surface area contributed by atoms with E-state index in [9.17, 15) is 9.18 Å². The van der Waals surface area contributed by atoms with E-state index in [2.05, 4.69) is 5.32 Å². The van der Waals surface area contributed by atoms with Crippen LogP contribution in [0.1, 0.15) is 10.4 Å². The molecule has 0 aliphatic rings. The van der Waals surface area contributed by atoms with Gasteiger partial charge in [0.15, 0.2) is 0 Å². The number of nitrogens with one attached hydrogen (secondary N) is 1. The van der Waals surface area contributed by atoms with Gasteiger partial charge >= 0.3 is 0 Å². The predicted octanol–water partition coefficient (Wildman–Crippen LogP) is 2.24. The largest absolute Gasteiger partial charge is 0.397 e. The molecule has 1 amide bonds. The van der Waals surface area contributed by atoms with E-state index in [0.717, 1.165) is 6.07 Å². The van der Waals surface area contributed by atoms with Crippen molar-refractivity contribution >= 4 is 23.0 Å². The zero-order valence-corrected chi connectivity index (χ0v) is 9.48. The maximum absolute atomic E-state index is 13.0. The lowest BCUT2D eigenvalue weighted by atomic mass is 10.2. The van der Waals surface area contributed by atoms with Crippen LogP contribution in [0.5, 0.6) is 0 Å². The summed E-state index contributed by atoms with van der Waals surface area (Å²) in [6, 6.07) is 10.2. The lowest BCUT2D eigenvalue weighted by molar-refractivity contribution is 0.102. The number of carbonyl (C=O) groups is 1. The average molecular weight is 245 g/mol. The maximum atomic E-state index is 13.0. The first-order valence-electron chi connectivity index (χ1n) is 5.28. The molecule has 2 rings (SSSR count). The van der Waals surface area contributed by atoms with E-state index < -0.39 is 11.7 Å². The number of hydrogen-bond donors (Lipinski definition) is 3. The van der Waals surface area contributed by atoms with Crippen LogP contribution in [0, 0.1) is 5.82 Å². The maximum Gasteiger partial charge on any atom is 0.255 e. The molecule has 0 unspecified atom stereocenters. The van der Waals surface area contributed by atoms with E-state index in [-0.39, 0.29) is 5.56 Å². The van der Waals surface area contributed by atoms with Crippen LogP contribution in [0.25, 0.3) is 0 Å². The third-order valence-corrected chi connectivity index (χ3v) is 2.43. The molecule has 0 aliphatic heterocycles. The highest BCUT2D eigenvalue weighted by atomic mass is 19.1. The second-order valence-electron chi connectivity index (χ2n) is 3.81. The highest BCUT2D eigenvalue weighted by Gasteiger charge is 2.07. The van der Waals surface area contributed by atoms with Crippen molar-refractivity contribution < 1.29 is 9.18 Å². The summed E-state index contributed by atoms with van der Waals surface area (Å²) >= 11 is 0. The Morgan fingerprint density at radius 2 is 1.83 bits per heavy atom. The summed E-state index contributed by atoms with van der Waals surface area (Å²) in [7, 11) is 0. The summed E-state index contributed by atoms with van der Waals surface area (Å²) in [5, 5.41) is 2.61. The molecule has 0 aromatic heterocycles. The molecule has 5 heteroatoms. The zero-order chi connectivity index (χ0) is 13.1. The minimum Gasteiger partial charge on any atom is -0.397 e. The Balaban J connectivity index is 2.18. The van der Waals surface area contributed by atoms with Crippen molar-refractivity contribution in [2.45, 2.75) is 0 Å². The van der Waals surface area contributed by atoms with Gasteiger partial charge in [0.2, 0.25) is 0 Å². The zero-order valence-electron chi connectivity index (χ0n) is 9.48. The fourth-order valence-corrected chi connectivity index (χ4v) is 1.49. The third-order valence-electron chi connectivity index (χ3n) is 2.43. The smallest absolute Gasteiger partial charge is 0.255 e. The predicted molar refractivity (Wildman–Crippen MR) is 69.6 cm³/mol. The van der Waals surface area contributed by atoms with Gasteiger partial charge in [-0.25, -0.2) is 4.39 Å². The number of halogens is 1. The number of carbonyl (C=O) groups excluding carboxylic acids is 1. The van der Waals surface area contributed by atoms with Crippen molar-refractivity contribution in [3.8, 4) is 0 Å². The molecule has 0 heterocycles. The minimum absolute atomic E-state index is 0.241. The quantitative estimate of drug-likeness (QED) is 0.710. The van der Waals surface area contributed by atoms with Crippen molar-refractivity contribution in [1.82, 2.24) is 0 Å². The van der Waals surface area contributed by atoms with Crippen molar-refractivity contribution in [3.05, 3.63) is 53.8 Å². The van der Waals surface area contributed by atoms with Crippen molar-refractivity contribution in [3.63, 3.8) is 0 Å². The van der Waals surface area contributed by atoms with Crippen LogP contribution < -0.4 is 16.8 Å². The van der Waals surface area contributed by atoms with Crippen LogP contribution in [0.4, 0.5) is 21.5 Å². The standard InChI is InChI=1S/C13H12FN3O/c14-9-3-1-2-8(6-9)13(18)17-10-4-5-11(15)12(16)7-10/h1-7H,15-16H2,(H,17,18). The molecule has 92 valence electrons. The second kappa shape index (κ2) is 4.75. The van der Waals surface area contributed by atoms with Gasteiger partial charge in [-0.2, -0.15) is 0 Å². The van der Waals surface area contributed by atoms with Crippen LogP contribution in [0.3, 0.4) is 0 Å². The van der Waals surface area contributed by atoms with Gasteiger partial charge in [0.25, 0.3) is 5.91 Å². The molecule has 2 aromatic carbocycles. The van der Waals surface area contributed by atoms with Gasteiger partial charge in [-0.05, 0) is 36.4 Å². The molecule has 0 fully saturated rings. The Kier molecular flexibility index (Phi) is 3.14. The lowest BCUT2D eigenvalue weighted by Gasteiger charge is -2.07. The molecule has 4 nitrogen and oxygen atoms in total. The fraction of sp³-hybridized carbons (Fsp3) is 0. The molecular weight excluding hydrogens is 233 g/mol. The van der Waals surface area contributed by atoms with Gasteiger partial charge in [-0.1, -0.05) is 6.07 Å². The summed E-state index contributed by atoms with van der Waals surface area (Å²) in [5.41, 5.74) is 12.8. The molecular formula is C13H12FN3O. The van der Waals surface area contributed by atoms with Gasteiger partial charge in [0.1, 0.15) is 5.82 Å². The Morgan fingerprint density at radius 3 is 2.50 bits per heavy atom. The Labute approximate surface area is 103 Å². The molecule has 0 saturated heterocycles. The van der Waals surface area contributed by atoms with E-state index in [1.807, 2.05) is 0 Å². The number of anilines is 3. The molecule has 0 radical (unpaired) electrons. The van der Waals surface area contributed by atoms with Crippen molar-refractivity contribution in [1.29, 1.82) is 0 Å². The van der Waals surface area contributed by atoms with Crippen molar-refractivity contribution in [2.24, 2.45) is 0 Å². The van der Waals surface area contributed by atoms with Gasteiger partial charge in [-0.15, -0.1) is 0 Å². The number of benzene rings is 2. The van der Waals surface area contributed by atoms with Gasteiger partial charge < -0.3 is 16.8 Å². The van der Waals surface area contributed by atoms with Gasteiger partial charge in [0, 0.05) is 11.3 Å². The highest BCUT2D eigenvalue weighted by Crippen LogP contribution is 2.20. The number of nitrogens with two attached hydrogens (primary N) is 2. The first-order chi connectivity index (χ1) is 8.56. The van der Waals surface area contributed by atoms with Gasteiger partial charge in [0.05, 0.1) is 11.4 Å². The SMILES string of the molecule is Nc1ccc(NC(=O)c2cccc(F)c2)cc1N. The number of nitrogen functional groups attached to an aromatic ring is 2. The third kappa shape index (κ3) is 2.57. The normalized spacial score (nSPS) is 10.1. The Hall–Kier alpha value is -2.56. The number of rotatable bonds is 2. The van der Waals surface area contributed by atoms with Crippen LogP contribution in [-0.2, 0) is 0 Å². The molecule has 5 N–H and O–H groups in total. The molecule has 0 saturated carbocycles. The first kappa shape index (κ1) is 11.9. The number of hydrogen-bond acceptors (Lipinski definition) is 3. The summed E-state index contributed by atoms with van der Waals surface area (Å²) in [4.78, 5) is 11.8.